The molecule has 4 rings (SSSR count). The molecule has 132 valence electrons. The lowest BCUT2D eigenvalue weighted by Gasteiger charge is -2.36. The Kier molecular flexibility index (Phi) is 4.32. The van der Waals surface area contributed by atoms with E-state index in [9.17, 15) is 9.18 Å². The summed E-state index contributed by atoms with van der Waals surface area (Å²) in [5, 5.41) is 4.56. The van der Waals surface area contributed by atoms with E-state index in [1.165, 1.54) is 11.8 Å². The first-order valence-electron chi connectivity index (χ1n) is 9.26. The topological polar surface area (TPSA) is 38.1 Å². The SMILES string of the molecule is Cn1nc(C(=O)N2CCCC[C@@H]2c2cccc(F)c2)c2c1CCCC2. The van der Waals surface area contributed by atoms with Crippen LogP contribution in [0.15, 0.2) is 24.3 Å². The molecule has 0 unspecified atom stereocenters. The summed E-state index contributed by atoms with van der Waals surface area (Å²) in [5.41, 5.74) is 3.83. The van der Waals surface area contributed by atoms with Crippen molar-refractivity contribution in [1.29, 1.82) is 0 Å². The van der Waals surface area contributed by atoms with E-state index < -0.39 is 0 Å². The Morgan fingerprint density at radius 1 is 1.20 bits per heavy atom. The number of aryl methyl sites for hydroxylation is 1. The van der Waals surface area contributed by atoms with Gasteiger partial charge in [0.25, 0.3) is 5.91 Å². The fourth-order valence-electron chi connectivity index (χ4n) is 4.32. The Morgan fingerprint density at radius 3 is 2.88 bits per heavy atom. The molecule has 0 bridgehead atoms. The molecule has 4 nitrogen and oxygen atoms in total. The highest BCUT2D eigenvalue weighted by atomic mass is 19.1. The standard InChI is InChI=1S/C20H24FN3O/c1-23-18-11-3-2-9-16(18)19(22-23)20(25)24-12-5-4-10-17(24)14-7-6-8-15(21)13-14/h6-8,13,17H,2-5,9-12H2,1H3/t17-/m1/s1. The Bertz CT molecular complexity index is 798. The number of piperidine rings is 1. The Hall–Kier alpha value is -2.17. The molecule has 1 saturated heterocycles. The van der Waals surface area contributed by atoms with E-state index in [0.29, 0.717) is 12.2 Å². The molecule has 0 N–H and O–H groups in total. The zero-order valence-electron chi connectivity index (χ0n) is 14.7. The Labute approximate surface area is 147 Å². The van der Waals surface area contributed by atoms with Crippen molar-refractivity contribution in [2.24, 2.45) is 7.05 Å². The van der Waals surface area contributed by atoms with Crippen LogP contribution in [0.3, 0.4) is 0 Å². The highest BCUT2D eigenvalue weighted by Gasteiger charge is 2.33. The summed E-state index contributed by atoms with van der Waals surface area (Å²) < 4.78 is 15.6. The van der Waals surface area contributed by atoms with Gasteiger partial charge in [0.05, 0.1) is 6.04 Å². The van der Waals surface area contributed by atoms with Gasteiger partial charge in [0, 0.05) is 24.8 Å². The van der Waals surface area contributed by atoms with Crippen molar-refractivity contribution in [3.8, 4) is 0 Å². The first-order valence-corrected chi connectivity index (χ1v) is 9.26. The van der Waals surface area contributed by atoms with Gasteiger partial charge in [0.15, 0.2) is 5.69 Å². The number of aromatic nitrogens is 2. The number of hydrogen-bond donors (Lipinski definition) is 0. The van der Waals surface area contributed by atoms with Crippen LogP contribution in [-0.2, 0) is 19.9 Å². The van der Waals surface area contributed by atoms with Gasteiger partial charge in [-0.25, -0.2) is 4.39 Å². The molecular formula is C20H24FN3O. The van der Waals surface area contributed by atoms with E-state index in [1.807, 2.05) is 22.7 Å². The molecule has 1 aliphatic carbocycles. The molecule has 2 aliphatic rings. The largest absolute Gasteiger partial charge is 0.330 e. The van der Waals surface area contributed by atoms with E-state index in [0.717, 1.165) is 56.1 Å². The van der Waals surface area contributed by atoms with E-state index in [1.54, 1.807) is 12.1 Å². The summed E-state index contributed by atoms with van der Waals surface area (Å²) >= 11 is 0. The molecule has 2 aromatic rings. The minimum absolute atomic E-state index is 0.00714. The van der Waals surface area contributed by atoms with Crippen LogP contribution in [0, 0.1) is 5.82 Å². The number of hydrogen-bond acceptors (Lipinski definition) is 2. The molecule has 1 fully saturated rings. The first-order chi connectivity index (χ1) is 12.1. The molecule has 0 spiro atoms. The van der Waals surface area contributed by atoms with E-state index in [4.69, 9.17) is 0 Å². The average molecular weight is 341 g/mol. The van der Waals surface area contributed by atoms with Crippen LogP contribution in [0.2, 0.25) is 0 Å². The van der Waals surface area contributed by atoms with Crippen LogP contribution in [0.4, 0.5) is 4.39 Å². The van der Waals surface area contributed by atoms with Crippen LogP contribution in [0.5, 0.6) is 0 Å². The first kappa shape index (κ1) is 16.3. The third-order valence-corrected chi connectivity index (χ3v) is 5.56. The van der Waals surface area contributed by atoms with Crippen molar-refractivity contribution in [2.45, 2.75) is 51.0 Å². The highest BCUT2D eigenvalue weighted by molar-refractivity contribution is 5.94. The number of carbonyl (C=O) groups excluding carboxylic acids is 1. The number of rotatable bonds is 2. The van der Waals surface area contributed by atoms with Gasteiger partial charge < -0.3 is 4.90 Å². The second-order valence-corrected chi connectivity index (χ2v) is 7.17. The number of likely N-dealkylation sites (tertiary alicyclic amines) is 1. The van der Waals surface area contributed by atoms with Crippen LogP contribution < -0.4 is 0 Å². The minimum Gasteiger partial charge on any atom is -0.330 e. The van der Waals surface area contributed by atoms with Crippen molar-refractivity contribution in [3.05, 3.63) is 52.6 Å². The lowest BCUT2D eigenvalue weighted by atomic mass is 9.92. The molecule has 5 heteroatoms. The van der Waals surface area contributed by atoms with E-state index >= 15 is 0 Å². The van der Waals surface area contributed by atoms with Gasteiger partial charge in [-0.15, -0.1) is 0 Å². The van der Waals surface area contributed by atoms with Gasteiger partial charge in [-0.3, -0.25) is 9.48 Å². The number of fused-ring (bicyclic) bond motifs is 1. The van der Waals surface area contributed by atoms with Gasteiger partial charge >= 0.3 is 0 Å². The molecule has 0 saturated carbocycles. The molecule has 1 atom stereocenters. The van der Waals surface area contributed by atoms with Gasteiger partial charge in [0.2, 0.25) is 0 Å². The summed E-state index contributed by atoms with van der Waals surface area (Å²) in [7, 11) is 1.93. The second-order valence-electron chi connectivity index (χ2n) is 7.17. The molecule has 25 heavy (non-hydrogen) atoms. The summed E-state index contributed by atoms with van der Waals surface area (Å²) in [6.45, 7) is 0.714. The van der Waals surface area contributed by atoms with Crippen molar-refractivity contribution in [1.82, 2.24) is 14.7 Å². The third kappa shape index (κ3) is 2.96. The quantitative estimate of drug-likeness (QED) is 0.833. The summed E-state index contributed by atoms with van der Waals surface area (Å²) in [6.07, 6.45) is 7.15. The summed E-state index contributed by atoms with van der Waals surface area (Å²) in [6, 6.07) is 6.61. The highest BCUT2D eigenvalue weighted by Crippen LogP contribution is 2.34. The second kappa shape index (κ2) is 6.62. The van der Waals surface area contributed by atoms with Crippen molar-refractivity contribution in [2.75, 3.05) is 6.54 Å². The zero-order valence-corrected chi connectivity index (χ0v) is 14.7. The normalized spacial score (nSPS) is 20.4. The average Bonchev–Trinajstić information content (AvgIpc) is 2.98. The molecular weight excluding hydrogens is 317 g/mol. The van der Waals surface area contributed by atoms with Gasteiger partial charge in [0.1, 0.15) is 5.82 Å². The van der Waals surface area contributed by atoms with Crippen LogP contribution in [0.25, 0.3) is 0 Å². The predicted molar refractivity (Wildman–Crippen MR) is 93.9 cm³/mol. The predicted octanol–water partition coefficient (Wildman–Crippen LogP) is 3.81. The maximum atomic E-state index is 13.7. The van der Waals surface area contributed by atoms with Gasteiger partial charge in [-0.1, -0.05) is 12.1 Å². The Balaban J connectivity index is 1.68. The number of benzene rings is 1. The van der Waals surface area contributed by atoms with E-state index in [2.05, 4.69) is 5.10 Å². The van der Waals surface area contributed by atoms with Crippen LogP contribution in [-0.4, -0.2) is 27.1 Å². The van der Waals surface area contributed by atoms with Crippen LogP contribution >= 0.6 is 0 Å². The van der Waals surface area contributed by atoms with Crippen molar-refractivity contribution < 1.29 is 9.18 Å². The summed E-state index contributed by atoms with van der Waals surface area (Å²) in [4.78, 5) is 15.2. The lowest BCUT2D eigenvalue weighted by Crippen LogP contribution is -2.39. The summed E-state index contributed by atoms with van der Waals surface area (Å²) in [5.74, 6) is -0.238. The lowest BCUT2D eigenvalue weighted by molar-refractivity contribution is 0.0603. The monoisotopic (exact) mass is 341 g/mol. The maximum absolute atomic E-state index is 13.7. The fraction of sp³-hybridized carbons (Fsp3) is 0.500. The fourth-order valence-corrected chi connectivity index (χ4v) is 4.32. The van der Waals surface area contributed by atoms with E-state index in [-0.39, 0.29) is 17.8 Å². The Morgan fingerprint density at radius 2 is 2.04 bits per heavy atom. The van der Waals surface area contributed by atoms with Gasteiger partial charge in [-0.2, -0.15) is 5.10 Å². The number of nitrogens with zero attached hydrogens (tertiary/aromatic N) is 3. The molecule has 2 heterocycles. The third-order valence-electron chi connectivity index (χ3n) is 5.56. The molecule has 0 radical (unpaired) electrons. The van der Waals surface area contributed by atoms with Crippen molar-refractivity contribution >= 4 is 5.91 Å². The number of halogens is 1. The molecule has 1 aromatic carbocycles. The van der Waals surface area contributed by atoms with Gasteiger partial charge in [-0.05, 0) is 62.6 Å². The number of carbonyl (C=O) groups is 1. The smallest absolute Gasteiger partial charge is 0.275 e. The molecule has 1 amide bonds. The minimum atomic E-state index is -0.245. The van der Waals surface area contributed by atoms with Crippen LogP contribution in [0.1, 0.15) is 65.5 Å². The molecule has 1 aromatic heterocycles. The van der Waals surface area contributed by atoms with Crippen molar-refractivity contribution in [3.63, 3.8) is 0 Å². The molecule has 1 aliphatic heterocycles. The number of amides is 1. The maximum Gasteiger partial charge on any atom is 0.275 e. The zero-order chi connectivity index (χ0) is 17.4.